The van der Waals surface area contributed by atoms with Crippen LogP contribution in [0, 0.1) is 6.92 Å². The topological polar surface area (TPSA) is 62.5 Å². The minimum Gasteiger partial charge on any atom is -0.413 e. The third-order valence-electron chi connectivity index (χ3n) is 5.07. The molecule has 0 bridgehead atoms. The van der Waals surface area contributed by atoms with Crippen LogP contribution < -0.4 is 4.90 Å². The minimum absolute atomic E-state index is 0.0649. The number of benzene rings is 2. The summed E-state index contributed by atoms with van der Waals surface area (Å²) in [5.74, 6) is 0.229. The quantitative estimate of drug-likeness (QED) is 0.531. The van der Waals surface area contributed by atoms with E-state index < -0.39 is 12.1 Å². The fourth-order valence-corrected chi connectivity index (χ4v) is 4.21. The largest absolute Gasteiger partial charge is 0.470 e. The summed E-state index contributed by atoms with van der Waals surface area (Å²) < 4.78 is 42.8. The maximum absolute atomic E-state index is 13.3. The molecule has 0 N–H and O–H groups in total. The van der Waals surface area contributed by atoms with Gasteiger partial charge in [0.15, 0.2) is 0 Å². The van der Waals surface area contributed by atoms with Crippen molar-refractivity contribution in [3.05, 3.63) is 65.5 Å². The second kappa shape index (κ2) is 9.23. The maximum atomic E-state index is 13.3. The van der Waals surface area contributed by atoms with E-state index in [2.05, 4.69) is 10.2 Å². The van der Waals surface area contributed by atoms with E-state index in [1.54, 1.807) is 29.2 Å². The fraction of sp³-hybridized carbons (Fsp3) is 0.318. The lowest BCUT2D eigenvalue weighted by molar-refractivity contribution is -0.156. The van der Waals surface area contributed by atoms with Crippen molar-refractivity contribution in [3.8, 4) is 11.5 Å². The molecule has 6 nitrogen and oxygen atoms in total. The van der Waals surface area contributed by atoms with Crippen LogP contribution in [0.4, 0.5) is 23.7 Å². The van der Waals surface area contributed by atoms with E-state index in [1.165, 1.54) is 0 Å². The van der Waals surface area contributed by atoms with Gasteiger partial charge in [0.2, 0.25) is 5.89 Å². The highest BCUT2D eigenvalue weighted by Crippen LogP contribution is 2.30. The zero-order valence-corrected chi connectivity index (χ0v) is 18.1. The number of carbonyl (C=O) groups excluding carboxylic acids is 1. The fourth-order valence-electron chi connectivity index (χ4n) is 3.31. The predicted molar refractivity (Wildman–Crippen MR) is 116 cm³/mol. The van der Waals surface area contributed by atoms with Crippen LogP contribution >= 0.6 is 11.8 Å². The van der Waals surface area contributed by atoms with Crippen LogP contribution in [0.3, 0.4) is 0 Å². The molecular weight excluding hydrogens is 441 g/mol. The Balaban J connectivity index is 1.55. The van der Waals surface area contributed by atoms with Gasteiger partial charge in [-0.2, -0.15) is 24.9 Å². The molecule has 1 fully saturated rings. The highest BCUT2D eigenvalue weighted by atomic mass is 32.2. The average molecular weight is 462 g/mol. The molecule has 2 heterocycles. The molecule has 2 amide bonds. The lowest BCUT2D eigenvalue weighted by Gasteiger charge is -2.33. The lowest BCUT2D eigenvalue weighted by atomic mass is 10.1. The van der Waals surface area contributed by atoms with Crippen molar-refractivity contribution < 1.29 is 22.4 Å². The summed E-state index contributed by atoms with van der Waals surface area (Å²) in [6.45, 7) is 3.70. The predicted octanol–water partition coefficient (Wildman–Crippen LogP) is 5.24. The van der Waals surface area contributed by atoms with Gasteiger partial charge in [-0.15, -0.1) is 10.2 Å². The molecule has 2 aromatic carbocycles. The first kappa shape index (κ1) is 22.2. The lowest BCUT2D eigenvalue weighted by Crippen LogP contribution is -2.46. The van der Waals surface area contributed by atoms with Crippen LogP contribution in [0.15, 0.2) is 52.9 Å². The van der Waals surface area contributed by atoms with E-state index >= 15 is 0 Å². The second-order valence-electron chi connectivity index (χ2n) is 7.41. The van der Waals surface area contributed by atoms with Gasteiger partial charge in [0.25, 0.3) is 0 Å². The molecule has 3 aromatic rings. The van der Waals surface area contributed by atoms with Gasteiger partial charge in [-0.25, -0.2) is 4.79 Å². The number of hydrogen-bond acceptors (Lipinski definition) is 5. The third-order valence-corrected chi connectivity index (χ3v) is 6.01. The Hall–Kier alpha value is -3.01. The molecule has 168 valence electrons. The number of carbonyl (C=O) groups is 1. The summed E-state index contributed by atoms with van der Waals surface area (Å²) in [7, 11) is 0. The number of aryl methyl sites for hydroxylation is 1. The van der Waals surface area contributed by atoms with Gasteiger partial charge in [0, 0.05) is 35.8 Å². The van der Waals surface area contributed by atoms with Crippen LogP contribution in [0.25, 0.3) is 11.5 Å². The number of amides is 2. The number of rotatable bonds is 4. The van der Waals surface area contributed by atoms with Gasteiger partial charge in [-0.1, -0.05) is 29.8 Å². The van der Waals surface area contributed by atoms with Crippen molar-refractivity contribution >= 4 is 23.5 Å². The average Bonchev–Trinajstić information content (AvgIpc) is 3.30. The Morgan fingerprint density at radius 1 is 1.06 bits per heavy atom. The Morgan fingerprint density at radius 3 is 2.31 bits per heavy atom. The first-order chi connectivity index (χ1) is 15.3. The van der Waals surface area contributed by atoms with Crippen LogP contribution in [0.2, 0.25) is 0 Å². The molecule has 0 spiro atoms. The summed E-state index contributed by atoms with van der Waals surface area (Å²) in [5.41, 5.74) is 3.08. The molecular formula is C22H21F3N4O2S. The van der Waals surface area contributed by atoms with Gasteiger partial charge < -0.3 is 9.32 Å². The van der Waals surface area contributed by atoms with Crippen molar-refractivity contribution in [2.45, 2.75) is 19.6 Å². The van der Waals surface area contributed by atoms with E-state index in [0.717, 1.165) is 28.3 Å². The molecule has 1 aliphatic heterocycles. The van der Waals surface area contributed by atoms with Gasteiger partial charge in [-0.05, 0) is 36.8 Å². The summed E-state index contributed by atoms with van der Waals surface area (Å²) >= 11 is 1.83. The highest BCUT2D eigenvalue weighted by Gasteiger charge is 2.38. The van der Waals surface area contributed by atoms with Crippen LogP contribution in [0.1, 0.15) is 17.0 Å². The Morgan fingerprint density at radius 2 is 1.72 bits per heavy atom. The number of alkyl halides is 3. The number of aromatic nitrogens is 2. The first-order valence-electron chi connectivity index (χ1n) is 10.0. The SMILES string of the molecule is Cc1ccc(N(Cc2ccc(-c3nnc(C(F)(F)F)o3)cc2)C(=O)N2CCSCC2)cc1. The molecule has 0 unspecified atom stereocenters. The molecule has 4 rings (SSSR count). The summed E-state index contributed by atoms with van der Waals surface area (Å²) in [5, 5.41) is 6.53. The van der Waals surface area contributed by atoms with E-state index in [1.807, 2.05) is 47.9 Å². The van der Waals surface area contributed by atoms with Crippen LogP contribution in [-0.4, -0.2) is 45.7 Å². The van der Waals surface area contributed by atoms with Gasteiger partial charge >= 0.3 is 18.1 Å². The summed E-state index contributed by atoms with van der Waals surface area (Å²) in [4.78, 5) is 16.8. The number of urea groups is 1. The third kappa shape index (κ3) is 5.07. The van der Waals surface area contributed by atoms with Crippen molar-refractivity contribution in [3.63, 3.8) is 0 Å². The molecule has 1 aromatic heterocycles. The molecule has 0 radical (unpaired) electrons. The molecule has 32 heavy (non-hydrogen) atoms. The van der Waals surface area contributed by atoms with E-state index in [-0.39, 0.29) is 11.9 Å². The molecule has 0 saturated carbocycles. The zero-order chi connectivity index (χ0) is 22.7. The summed E-state index contributed by atoms with van der Waals surface area (Å²) in [6, 6.07) is 14.4. The molecule has 1 saturated heterocycles. The van der Waals surface area contributed by atoms with E-state index in [9.17, 15) is 18.0 Å². The molecule has 0 aliphatic carbocycles. The van der Waals surface area contributed by atoms with Gasteiger partial charge in [-0.3, -0.25) is 4.90 Å². The number of nitrogens with zero attached hydrogens (tertiary/aromatic N) is 4. The number of hydrogen-bond donors (Lipinski definition) is 0. The standard InChI is InChI=1S/C22H21F3N4O2S/c1-15-2-8-18(9-3-15)29(21(30)28-10-12-32-13-11-28)14-16-4-6-17(7-5-16)19-26-27-20(31-19)22(23,24)25/h2-9H,10-14H2,1H3. The van der Waals surface area contributed by atoms with E-state index in [4.69, 9.17) is 4.42 Å². The molecule has 10 heteroatoms. The zero-order valence-electron chi connectivity index (χ0n) is 17.3. The van der Waals surface area contributed by atoms with Crippen LogP contribution in [-0.2, 0) is 12.7 Å². The molecule has 0 atom stereocenters. The minimum atomic E-state index is -4.69. The number of thioether (sulfide) groups is 1. The Kier molecular flexibility index (Phi) is 6.40. The smallest absolute Gasteiger partial charge is 0.413 e. The van der Waals surface area contributed by atoms with Crippen molar-refractivity contribution in [2.24, 2.45) is 0 Å². The van der Waals surface area contributed by atoms with Crippen molar-refractivity contribution in [1.29, 1.82) is 0 Å². The number of halogens is 3. The Labute approximate surface area is 187 Å². The monoisotopic (exact) mass is 462 g/mol. The van der Waals surface area contributed by atoms with Gasteiger partial charge in [0.05, 0.1) is 6.54 Å². The van der Waals surface area contributed by atoms with Gasteiger partial charge in [0.1, 0.15) is 0 Å². The molecule has 1 aliphatic rings. The van der Waals surface area contributed by atoms with E-state index in [0.29, 0.717) is 25.2 Å². The number of anilines is 1. The first-order valence-corrected chi connectivity index (χ1v) is 11.2. The van der Waals surface area contributed by atoms with Crippen LogP contribution in [0.5, 0.6) is 0 Å². The second-order valence-corrected chi connectivity index (χ2v) is 8.64. The summed E-state index contributed by atoms with van der Waals surface area (Å²) in [6.07, 6.45) is -4.69. The van der Waals surface area contributed by atoms with Crippen molar-refractivity contribution in [1.82, 2.24) is 15.1 Å². The normalized spacial score (nSPS) is 14.4. The maximum Gasteiger partial charge on any atom is 0.470 e. The highest BCUT2D eigenvalue weighted by molar-refractivity contribution is 7.99. The Bertz CT molecular complexity index is 1060. The van der Waals surface area contributed by atoms with Crippen molar-refractivity contribution in [2.75, 3.05) is 29.5 Å².